The Morgan fingerprint density at radius 1 is 0.921 bits per heavy atom. The Balaban J connectivity index is 1.37. The third-order valence-electron chi connectivity index (χ3n) is 8.69. The molecule has 0 heterocycles. The molecule has 0 amide bonds. The second-order valence-corrected chi connectivity index (χ2v) is 11.7. The van der Waals surface area contributed by atoms with E-state index in [1.165, 1.54) is 59.9 Å². The first-order chi connectivity index (χ1) is 18.5. The standard InChI is InChI=1S/C38H48/c1-5-6-8-14-34(24-17-29(2)3)35-25-20-31(21-26-35)18-19-32-22-27-36-15-11-16-37(38(36)28-23-32)30(4)33-12-9-7-10-13-33/h7,9-13,15,20-22,25-28,30,34,37H,2,5-6,8,14,16-19,23-24H2,1,3-4H3. The summed E-state index contributed by atoms with van der Waals surface area (Å²) >= 11 is 0. The van der Waals surface area contributed by atoms with Crippen LogP contribution in [0.4, 0.5) is 0 Å². The molecule has 0 spiro atoms. The minimum Gasteiger partial charge on any atom is -0.100 e. The highest BCUT2D eigenvalue weighted by molar-refractivity contribution is 5.50. The molecule has 0 saturated carbocycles. The lowest BCUT2D eigenvalue weighted by atomic mass is 9.75. The number of benzene rings is 2. The van der Waals surface area contributed by atoms with Crippen LogP contribution in [0.15, 0.2) is 114 Å². The predicted octanol–water partition coefficient (Wildman–Crippen LogP) is 11.2. The van der Waals surface area contributed by atoms with Gasteiger partial charge < -0.3 is 0 Å². The molecule has 3 unspecified atom stereocenters. The van der Waals surface area contributed by atoms with E-state index in [9.17, 15) is 0 Å². The Morgan fingerprint density at radius 2 is 1.71 bits per heavy atom. The molecule has 2 aliphatic rings. The van der Waals surface area contributed by atoms with E-state index in [-0.39, 0.29) is 0 Å². The zero-order valence-electron chi connectivity index (χ0n) is 24.1. The number of hydrogen-bond donors (Lipinski definition) is 0. The van der Waals surface area contributed by atoms with Crippen LogP contribution in [0.1, 0.15) is 107 Å². The highest BCUT2D eigenvalue weighted by atomic mass is 14.3. The molecule has 2 aromatic carbocycles. The minimum absolute atomic E-state index is 0.525. The molecule has 0 aromatic heterocycles. The molecule has 0 N–H and O–H groups in total. The smallest absolute Gasteiger partial charge is 0.00582 e. The maximum absolute atomic E-state index is 4.14. The normalized spacial score (nSPS) is 18.5. The van der Waals surface area contributed by atoms with E-state index in [4.69, 9.17) is 0 Å². The van der Waals surface area contributed by atoms with Crippen molar-refractivity contribution in [2.45, 2.75) is 96.8 Å². The summed E-state index contributed by atoms with van der Waals surface area (Å²) in [5.41, 5.74) is 10.2. The molecule has 38 heavy (non-hydrogen) atoms. The van der Waals surface area contributed by atoms with Gasteiger partial charge in [0.25, 0.3) is 0 Å². The molecule has 3 atom stereocenters. The first kappa shape index (κ1) is 28.2. The van der Waals surface area contributed by atoms with Crippen molar-refractivity contribution >= 4 is 0 Å². The quantitative estimate of drug-likeness (QED) is 0.188. The van der Waals surface area contributed by atoms with E-state index in [0.29, 0.717) is 17.8 Å². The Labute approximate surface area is 233 Å². The van der Waals surface area contributed by atoms with Gasteiger partial charge in [-0.2, -0.15) is 0 Å². The van der Waals surface area contributed by atoms with Crippen LogP contribution in [0, 0.1) is 5.92 Å². The van der Waals surface area contributed by atoms with Crippen LogP contribution >= 0.6 is 0 Å². The van der Waals surface area contributed by atoms with Crippen molar-refractivity contribution in [2.75, 3.05) is 0 Å². The largest absolute Gasteiger partial charge is 0.100 e. The van der Waals surface area contributed by atoms with Crippen molar-refractivity contribution in [1.29, 1.82) is 0 Å². The van der Waals surface area contributed by atoms with Gasteiger partial charge in [-0.3, -0.25) is 0 Å². The van der Waals surface area contributed by atoms with Crippen molar-refractivity contribution < 1.29 is 0 Å². The average molecular weight is 505 g/mol. The Morgan fingerprint density at radius 3 is 2.45 bits per heavy atom. The van der Waals surface area contributed by atoms with Gasteiger partial charge in [-0.1, -0.05) is 129 Å². The minimum atomic E-state index is 0.525. The average Bonchev–Trinajstić information content (AvgIpc) is 3.16. The summed E-state index contributed by atoms with van der Waals surface area (Å²) in [6.45, 7) is 11.0. The molecule has 0 fully saturated rings. The Hall–Kier alpha value is -2.86. The zero-order valence-corrected chi connectivity index (χ0v) is 24.1. The van der Waals surface area contributed by atoms with Gasteiger partial charge in [0.05, 0.1) is 0 Å². The van der Waals surface area contributed by atoms with Gasteiger partial charge in [0.15, 0.2) is 0 Å². The maximum atomic E-state index is 4.14. The van der Waals surface area contributed by atoms with Gasteiger partial charge in [-0.15, -0.1) is 6.58 Å². The third kappa shape index (κ3) is 7.83. The van der Waals surface area contributed by atoms with Crippen LogP contribution in [0.5, 0.6) is 0 Å². The van der Waals surface area contributed by atoms with Crippen molar-refractivity contribution in [3.05, 3.63) is 131 Å². The number of rotatable bonds is 13. The molecule has 0 aliphatic heterocycles. The summed E-state index contributed by atoms with van der Waals surface area (Å²) < 4.78 is 0. The summed E-state index contributed by atoms with van der Waals surface area (Å²) in [5.74, 6) is 1.75. The summed E-state index contributed by atoms with van der Waals surface area (Å²) in [6.07, 6.45) is 24.1. The van der Waals surface area contributed by atoms with E-state index in [1.54, 1.807) is 11.1 Å². The first-order valence-corrected chi connectivity index (χ1v) is 15.1. The number of unbranched alkanes of at least 4 members (excludes halogenated alkanes) is 2. The highest BCUT2D eigenvalue weighted by Gasteiger charge is 2.26. The molecular weight excluding hydrogens is 456 g/mol. The van der Waals surface area contributed by atoms with Crippen LogP contribution in [0.2, 0.25) is 0 Å². The second-order valence-electron chi connectivity index (χ2n) is 11.7. The first-order valence-electron chi connectivity index (χ1n) is 15.1. The number of aryl methyl sites for hydroxylation is 1. The number of allylic oxidation sites excluding steroid dienone is 9. The van der Waals surface area contributed by atoms with Crippen LogP contribution in [0.25, 0.3) is 0 Å². The monoisotopic (exact) mass is 504 g/mol. The molecule has 0 radical (unpaired) electrons. The molecular formula is C38H48. The fraction of sp³-hybridized carbons (Fsp3) is 0.421. The van der Waals surface area contributed by atoms with Crippen molar-refractivity contribution in [3.63, 3.8) is 0 Å². The summed E-state index contributed by atoms with van der Waals surface area (Å²) in [5, 5.41) is 0. The van der Waals surface area contributed by atoms with Crippen molar-refractivity contribution in [2.24, 2.45) is 5.92 Å². The van der Waals surface area contributed by atoms with E-state index < -0.39 is 0 Å². The summed E-state index contributed by atoms with van der Waals surface area (Å²) in [7, 11) is 0. The van der Waals surface area contributed by atoms with E-state index >= 15 is 0 Å². The van der Waals surface area contributed by atoms with E-state index in [0.717, 1.165) is 32.1 Å². The fourth-order valence-corrected chi connectivity index (χ4v) is 6.16. The van der Waals surface area contributed by atoms with E-state index in [1.807, 2.05) is 0 Å². The Bertz CT molecular complexity index is 1150. The summed E-state index contributed by atoms with van der Waals surface area (Å²) in [6, 6.07) is 20.6. The molecule has 2 aromatic rings. The lowest BCUT2D eigenvalue weighted by Gasteiger charge is -2.29. The molecule has 0 saturated heterocycles. The zero-order chi connectivity index (χ0) is 26.7. The lowest BCUT2D eigenvalue weighted by molar-refractivity contribution is 0.518. The molecule has 0 heteroatoms. The van der Waals surface area contributed by atoms with Gasteiger partial charge in [-0.05, 0) is 97.5 Å². The second kappa shape index (κ2) is 14.3. The molecule has 2 aliphatic carbocycles. The topological polar surface area (TPSA) is 0 Å². The Kier molecular flexibility index (Phi) is 10.6. The molecule has 0 nitrogen and oxygen atoms in total. The molecule has 0 bridgehead atoms. The van der Waals surface area contributed by atoms with Crippen molar-refractivity contribution in [1.82, 2.24) is 0 Å². The third-order valence-corrected chi connectivity index (χ3v) is 8.69. The van der Waals surface area contributed by atoms with E-state index in [2.05, 4.69) is 112 Å². The van der Waals surface area contributed by atoms with Gasteiger partial charge in [0, 0.05) is 0 Å². The maximum Gasteiger partial charge on any atom is -0.00582 e. The van der Waals surface area contributed by atoms with Crippen LogP contribution < -0.4 is 0 Å². The lowest BCUT2D eigenvalue weighted by Crippen LogP contribution is -2.16. The predicted molar refractivity (Wildman–Crippen MR) is 167 cm³/mol. The number of fused-ring (bicyclic) bond motifs is 1. The SMILES string of the molecule is C=C(C)CCC(CCCCC)c1ccc(CCC2=CC=C3C=CCC(C(C)c4ccccc4)C3=CC2)cc1. The van der Waals surface area contributed by atoms with Crippen LogP contribution in [0.3, 0.4) is 0 Å². The highest BCUT2D eigenvalue weighted by Crippen LogP contribution is 2.41. The van der Waals surface area contributed by atoms with Gasteiger partial charge in [0.2, 0.25) is 0 Å². The molecule has 200 valence electrons. The summed E-state index contributed by atoms with van der Waals surface area (Å²) in [4.78, 5) is 0. The fourth-order valence-electron chi connectivity index (χ4n) is 6.16. The van der Waals surface area contributed by atoms with Gasteiger partial charge in [0.1, 0.15) is 0 Å². The van der Waals surface area contributed by atoms with Crippen molar-refractivity contribution in [3.8, 4) is 0 Å². The number of hydrogen-bond acceptors (Lipinski definition) is 0. The van der Waals surface area contributed by atoms with Crippen LogP contribution in [-0.4, -0.2) is 0 Å². The van der Waals surface area contributed by atoms with Crippen LogP contribution in [-0.2, 0) is 6.42 Å². The van der Waals surface area contributed by atoms with Gasteiger partial charge in [-0.25, -0.2) is 0 Å². The molecule has 4 rings (SSSR count). The van der Waals surface area contributed by atoms with Gasteiger partial charge >= 0.3 is 0 Å².